The molecule has 8 heteroatoms. The van der Waals surface area contributed by atoms with Crippen LogP contribution in [0.3, 0.4) is 0 Å². The van der Waals surface area contributed by atoms with Crippen LogP contribution in [0.25, 0.3) is 11.3 Å². The highest BCUT2D eigenvalue weighted by Gasteiger charge is 2.30. The van der Waals surface area contributed by atoms with Gasteiger partial charge in [0, 0.05) is 17.9 Å². The van der Waals surface area contributed by atoms with Crippen molar-refractivity contribution in [1.29, 1.82) is 0 Å². The monoisotopic (exact) mass is 405 g/mol. The number of carbonyl (C=O) groups is 1. The molecule has 3 rings (SSSR count). The van der Waals surface area contributed by atoms with Gasteiger partial charge in [-0.15, -0.1) is 0 Å². The summed E-state index contributed by atoms with van der Waals surface area (Å²) in [6.45, 7) is 2.33. The normalized spacial score (nSPS) is 11.4. The second-order valence-electron chi connectivity index (χ2n) is 6.15. The number of alkyl halides is 3. The predicted octanol–water partition coefficient (Wildman–Crippen LogP) is 4.93. The first-order valence-corrected chi connectivity index (χ1v) is 9.52. The minimum atomic E-state index is -4.47. The average Bonchev–Trinajstić information content (AvgIpc) is 3.14. The highest BCUT2D eigenvalue weighted by Crippen LogP contribution is 2.29. The van der Waals surface area contributed by atoms with Crippen LogP contribution in [0.1, 0.15) is 21.5 Å². The van der Waals surface area contributed by atoms with Crippen LogP contribution in [0.15, 0.2) is 59.9 Å². The first-order valence-electron chi connectivity index (χ1n) is 8.53. The van der Waals surface area contributed by atoms with Gasteiger partial charge in [0.15, 0.2) is 5.16 Å². The molecular formula is C20H18F3N3OS. The van der Waals surface area contributed by atoms with Crippen LogP contribution in [-0.4, -0.2) is 28.2 Å². The maximum atomic E-state index is 12.7. The van der Waals surface area contributed by atoms with E-state index in [0.717, 1.165) is 23.4 Å². The van der Waals surface area contributed by atoms with Gasteiger partial charge in [-0.05, 0) is 30.7 Å². The molecule has 0 aliphatic heterocycles. The van der Waals surface area contributed by atoms with Crippen molar-refractivity contribution in [3.63, 3.8) is 0 Å². The lowest BCUT2D eigenvalue weighted by Crippen LogP contribution is -2.26. The Morgan fingerprint density at radius 3 is 2.64 bits per heavy atom. The van der Waals surface area contributed by atoms with Crippen molar-refractivity contribution in [2.45, 2.75) is 18.3 Å². The van der Waals surface area contributed by atoms with Gasteiger partial charge in [0.2, 0.25) is 0 Å². The lowest BCUT2D eigenvalue weighted by molar-refractivity contribution is -0.137. The molecule has 1 amide bonds. The molecular weight excluding hydrogens is 387 g/mol. The number of hydrogen-bond acceptors (Lipinski definition) is 3. The summed E-state index contributed by atoms with van der Waals surface area (Å²) in [4.78, 5) is 19.5. The number of halogens is 3. The molecule has 0 atom stereocenters. The topological polar surface area (TPSA) is 57.8 Å². The van der Waals surface area contributed by atoms with Gasteiger partial charge in [-0.2, -0.15) is 13.2 Å². The summed E-state index contributed by atoms with van der Waals surface area (Å²) in [5.74, 6) is -0.00237. The minimum absolute atomic E-state index is 0.0144. The van der Waals surface area contributed by atoms with Gasteiger partial charge in [0.05, 0.1) is 17.5 Å². The molecule has 0 aliphatic rings. The average molecular weight is 405 g/mol. The van der Waals surface area contributed by atoms with Crippen LogP contribution < -0.4 is 5.32 Å². The maximum absolute atomic E-state index is 12.7. The zero-order valence-corrected chi connectivity index (χ0v) is 15.8. The number of aryl methyl sites for hydroxylation is 1. The van der Waals surface area contributed by atoms with E-state index in [9.17, 15) is 18.0 Å². The van der Waals surface area contributed by atoms with Gasteiger partial charge in [0.1, 0.15) is 0 Å². The third-order valence-electron chi connectivity index (χ3n) is 3.99. The lowest BCUT2D eigenvalue weighted by atomic mass is 10.1. The van der Waals surface area contributed by atoms with Crippen molar-refractivity contribution in [3.05, 3.63) is 71.4 Å². The number of rotatable bonds is 6. The number of aromatic amines is 1. The van der Waals surface area contributed by atoms with E-state index < -0.39 is 17.6 Å². The number of amides is 1. The quantitative estimate of drug-likeness (QED) is 0.452. The molecule has 3 aromatic rings. The number of thioether (sulfide) groups is 1. The fourth-order valence-corrected chi connectivity index (χ4v) is 3.21. The largest absolute Gasteiger partial charge is 0.416 e. The summed E-state index contributed by atoms with van der Waals surface area (Å²) in [6.07, 6.45) is -2.73. The molecule has 2 aromatic carbocycles. The zero-order valence-electron chi connectivity index (χ0n) is 15.0. The summed E-state index contributed by atoms with van der Waals surface area (Å²) in [7, 11) is 0. The molecule has 1 aromatic heterocycles. The van der Waals surface area contributed by atoms with Gasteiger partial charge >= 0.3 is 6.18 Å². The second-order valence-corrected chi connectivity index (χ2v) is 7.23. The Morgan fingerprint density at radius 2 is 1.93 bits per heavy atom. The third kappa shape index (κ3) is 5.16. The Bertz CT molecular complexity index is 952. The fraction of sp³-hybridized carbons (Fsp3) is 0.200. The number of imidazole rings is 1. The van der Waals surface area contributed by atoms with Crippen LogP contribution in [0.4, 0.5) is 13.2 Å². The molecule has 146 valence electrons. The van der Waals surface area contributed by atoms with Crippen molar-refractivity contribution < 1.29 is 18.0 Å². The Kier molecular flexibility index (Phi) is 6.08. The molecule has 0 saturated carbocycles. The van der Waals surface area contributed by atoms with E-state index in [1.54, 1.807) is 6.20 Å². The van der Waals surface area contributed by atoms with Crippen molar-refractivity contribution in [2.75, 3.05) is 12.3 Å². The fourth-order valence-electron chi connectivity index (χ4n) is 2.51. The van der Waals surface area contributed by atoms with Crippen LogP contribution in [0.2, 0.25) is 0 Å². The molecule has 0 fully saturated rings. The van der Waals surface area contributed by atoms with Gasteiger partial charge in [-0.25, -0.2) is 4.98 Å². The van der Waals surface area contributed by atoms with Crippen molar-refractivity contribution in [2.24, 2.45) is 0 Å². The van der Waals surface area contributed by atoms with Crippen molar-refractivity contribution >= 4 is 17.7 Å². The Morgan fingerprint density at radius 1 is 1.18 bits per heavy atom. The van der Waals surface area contributed by atoms with Crippen LogP contribution in [0, 0.1) is 6.92 Å². The van der Waals surface area contributed by atoms with Crippen LogP contribution >= 0.6 is 11.8 Å². The summed E-state index contributed by atoms with van der Waals surface area (Å²) in [5, 5.41) is 3.34. The first-order chi connectivity index (χ1) is 13.3. The number of hydrogen-bond donors (Lipinski definition) is 2. The number of H-pyrrole nitrogens is 1. The molecule has 0 unspecified atom stereocenters. The lowest BCUT2D eigenvalue weighted by Gasteiger charge is -2.09. The van der Waals surface area contributed by atoms with Crippen molar-refractivity contribution in [1.82, 2.24) is 15.3 Å². The predicted molar refractivity (Wildman–Crippen MR) is 103 cm³/mol. The van der Waals surface area contributed by atoms with E-state index in [4.69, 9.17) is 0 Å². The second kappa shape index (κ2) is 8.52. The third-order valence-corrected chi connectivity index (χ3v) is 4.88. The van der Waals surface area contributed by atoms with E-state index in [-0.39, 0.29) is 5.56 Å². The SMILES string of the molecule is Cc1ccc(-c2cnc(SCCNC(=O)c3cccc(C(F)(F)F)c3)[nH]2)cc1. The van der Waals surface area contributed by atoms with E-state index in [2.05, 4.69) is 15.3 Å². The molecule has 2 N–H and O–H groups in total. The first kappa shape index (κ1) is 20.0. The number of carbonyl (C=O) groups excluding carboxylic acids is 1. The molecule has 0 saturated heterocycles. The molecule has 0 bridgehead atoms. The van der Waals surface area contributed by atoms with Gasteiger partial charge in [-0.3, -0.25) is 4.79 Å². The van der Waals surface area contributed by atoms with Gasteiger partial charge in [-0.1, -0.05) is 47.7 Å². The summed E-state index contributed by atoms with van der Waals surface area (Å²) in [6, 6.07) is 12.4. The van der Waals surface area contributed by atoms with Gasteiger partial charge < -0.3 is 10.3 Å². The van der Waals surface area contributed by atoms with E-state index in [0.29, 0.717) is 17.5 Å². The smallest absolute Gasteiger partial charge is 0.351 e. The number of nitrogens with one attached hydrogen (secondary N) is 2. The van der Waals surface area contributed by atoms with Crippen LogP contribution in [0.5, 0.6) is 0 Å². The minimum Gasteiger partial charge on any atom is -0.351 e. The van der Waals surface area contributed by atoms with Crippen molar-refractivity contribution in [3.8, 4) is 11.3 Å². The summed E-state index contributed by atoms with van der Waals surface area (Å²) < 4.78 is 38.2. The standard InChI is InChI=1S/C20H18F3N3OS/c1-13-5-7-14(8-6-13)17-12-25-19(26-17)28-10-9-24-18(27)15-3-2-4-16(11-15)20(21,22)23/h2-8,11-12H,9-10H2,1H3,(H,24,27)(H,25,26). The molecule has 4 nitrogen and oxygen atoms in total. The number of aromatic nitrogens is 2. The Hall–Kier alpha value is -2.74. The Labute approximate surface area is 164 Å². The Balaban J connectivity index is 1.50. The molecule has 0 aliphatic carbocycles. The molecule has 1 heterocycles. The molecule has 0 spiro atoms. The summed E-state index contributed by atoms with van der Waals surface area (Å²) in [5.41, 5.74) is 2.25. The van der Waals surface area contributed by atoms with Crippen LogP contribution in [-0.2, 0) is 6.18 Å². The summed E-state index contributed by atoms with van der Waals surface area (Å²) >= 11 is 1.42. The highest BCUT2D eigenvalue weighted by atomic mass is 32.2. The van der Waals surface area contributed by atoms with E-state index >= 15 is 0 Å². The number of nitrogens with zero attached hydrogens (tertiary/aromatic N) is 1. The number of benzene rings is 2. The molecule has 28 heavy (non-hydrogen) atoms. The van der Waals surface area contributed by atoms with Gasteiger partial charge in [0.25, 0.3) is 5.91 Å². The molecule has 0 radical (unpaired) electrons. The van der Waals surface area contributed by atoms with E-state index in [1.165, 1.54) is 29.5 Å². The zero-order chi connectivity index (χ0) is 20.1. The maximum Gasteiger partial charge on any atom is 0.416 e. The highest BCUT2D eigenvalue weighted by molar-refractivity contribution is 7.99. The van der Waals surface area contributed by atoms with E-state index in [1.807, 2.05) is 31.2 Å².